The molecule has 10 nitrogen and oxygen atoms in total. The second-order valence-electron chi connectivity index (χ2n) is 9.77. The van der Waals surface area contributed by atoms with E-state index in [0.29, 0.717) is 34.7 Å². The molecular weight excluding hydrogens is 570 g/mol. The number of hydrogen-bond acceptors (Lipinski definition) is 7. The van der Waals surface area contributed by atoms with E-state index >= 15 is 0 Å². The molecule has 0 saturated heterocycles. The number of aryl methyl sites for hydroxylation is 1. The number of carboxylic acids is 1. The number of benzene rings is 3. The lowest BCUT2D eigenvalue weighted by atomic mass is 10.0. The van der Waals surface area contributed by atoms with Crippen LogP contribution in [0.3, 0.4) is 0 Å². The molecular formula is C32H26F2N6O4. The number of halogens is 2. The standard InChI is InChI=1S/C32H26F2N6O4/c1-2-21-14-23(7-8-24(21)31(43)44)38-32-37-15-22-12-19(6-10-28(22)39-32)4-3-11-36-29(41)25-16-35-18-40(30(25)42)17-20-5-9-26(33)27(34)13-20/h3-10,12-16,18H,2,11,17H2,1H3,(H,36,41)(H,43,44)(H,37,38,39)/b4-3+. The maximum Gasteiger partial charge on any atom is 0.335 e. The minimum atomic E-state index is -1.03. The van der Waals surface area contributed by atoms with E-state index < -0.39 is 29.1 Å². The highest BCUT2D eigenvalue weighted by atomic mass is 19.2. The smallest absolute Gasteiger partial charge is 0.335 e. The van der Waals surface area contributed by atoms with Crippen LogP contribution in [-0.2, 0) is 13.0 Å². The molecule has 2 heterocycles. The van der Waals surface area contributed by atoms with Gasteiger partial charge in [-0.2, -0.15) is 0 Å². The number of anilines is 2. The van der Waals surface area contributed by atoms with Crippen molar-refractivity contribution in [3.8, 4) is 0 Å². The molecule has 0 radical (unpaired) electrons. The summed E-state index contributed by atoms with van der Waals surface area (Å²) < 4.78 is 27.9. The van der Waals surface area contributed by atoms with E-state index in [2.05, 4.69) is 25.6 Å². The van der Waals surface area contributed by atoms with Gasteiger partial charge in [-0.05, 0) is 65.6 Å². The molecule has 0 aliphatic rings. The third-order valence-corrected chi connectivity index (χ3v) is 6.75. The topological polar surface area (TPSA) is 139 Å². The molecule has 3 N–H and O–H groups in total. The number of fused-ring (bicyclic) bond motifs is 1. The summed E-state index contributed by atoms with van der Waals surface area (Å²) in [5.74, 6) is -3.25. The van der Waals surface area contributed by atoms with Crippen molar-refractivity contribution in [1.82, 2.24) is 24.8 Å². The molecule has 0 bridgehead atoms. The van der Waals surface area contributed by atoms with Crippen LogP contribution in [0.1, 0.15) is 44.3 Å². The number of hydrogen-bond donors (Lipinski definition) is 3. The fourth-order valence-electron chi connectivity index (χ4n) is 4.51. The van der Waals surface area contributed by atoms with Crippen molar-refractivity contribution in [2.24, 2.45) is 0 Å². The summed E-state index contributed by atoms with van der Waals surface area (Å²) in [6.45, 7) is 1.95. The number of aromatic nitrogens is 4. The van der Waals surface area contributed by atoms with E-state index in [0.717, 1.165) is 33.8 Å². The average molecular weight is 597 g/mol. The Morgan fingerprint density at radius 3 is 2.61 bits per heavy atom. The molecule has 0 saturated carbocycles. The summed E-state index contributed by atoms with van der Waals surface area (Å²) in [6.07, 6.45) is 8.14. The summed E-state index contributed by atoms with van der Waals surface area (Å²) in [7, 11) is 0. The second-order valence-corrected chi connectivity index (χ2v) is 9.77. The van der Waals surface area contributed by atoms with Crippen molar-refractivity contribution in [3.63, 3.8) is 0 Å². The quantitative estimate of drug-likeness (QED) is 0.206. The number of nitrogens with zero attached hydrogens (tertiary/aromatic N) is 4. The Kier molecular flexibility index (Phi) is 8.80. The second kappa shape index (κ2) is 13.0. The minimum Gasteiger partial charge on any atom is -0.478 e. The van der Waals surface area contributed by atoms with Crippen LogP contribution in [0.4, 0.5) is 20.4 Å². The van der Waals surface area contributed by atoms with Crippen LogP contribution in [0.15, 0.2) is 84.2 Å². The van der Waals surface area contributed by atoms with Gasteiger partial charge in [-0.1, -0.05) is 31.2 Å². The van der Waals surface area contributed by atoms with Crippen LogP contribution in [0, 0.1) is 11.6 Å². The van der Waals surface area contributed by atoms with Crippen LogP contribution in [-0.4, -0.2) is 43.0 Å². The molecule has 5 aromatic rings. The SMILES string of the molecule is CCc1cc(Nc2ncc3cc(/C=C/CNC(=O)c4cncn(Cc5ccc(F)c(F)c5)c4=O)ccc3n2)ccc1C(=O)O. The van der Waals surface area contributed by atoms with Gasteiger partial charge in [0.2, 0.25) is 5.95 Å². The molecule has 0 fully saturated rings. The third-order valence-electron chi connectivity index (χ3n) is 6.75. The van der Waals surface area contributed by atoms with Crippen LogP contribution in [0.2, 0.25) is 0 Å². The molecule has 0 spiro atoms. The molecule has 2 aromatic heterocycles. The molecule has 0 unspecified atom stereocenters. The van der Waals surface area contributed by atoms with Gasteiger partial charge in [-0.15, -0.1) is 0 Å². The molecule has 0 aliphatic heterocycles. The van der Waals surface area contributed by atoms with Crippen molar-refractivity contribution < 1.29 is 23.5 Å². The van der Waals surface area contributed by atoms with Gasteiger partial charge in [0, 0.05) is 30.0 Å². The normalized spacial score (nSPS) is 11.2. The monoisotopic (exact) mass is 596 g/mol. The molecule has 0 aliphatic carbocycles. The van der Waals surface area contributed by atoms with E-state index in [1.807, 2.05) is 25.1 Å². The van der Waals surface area contributed by atoms with Gasteiger partial charge in [0.05, 0.1) is 24.0 Å². The number of amides is 1. The van der Waals surface area contributed by atoms with Crippen molar-refractivity contribution in [2.45, 2.75) is 19.9 Å². The Hall–Kier alpha value is -5.78. The predicted octanol–water partition coefficient (Wildman–Crippen LogP) is 4.96. The molecule has 3 aromatic carbocycles. The summed E-state index contributed by atoms with van der Waals surface area (Å²) >= 11 is 0. The maximum absolute atomic E-state index is 13.5. The van der Waals surface area contributed by atoms with Gasteiger partial charge in [0.1, 0.15) is 5.56 Å². The number of rotatable bonds is 10. The average Bonchev–Trinajstić information content (AvgIpc) is 3.01. The zero-order valence-corrected chi connectivity index (χ0v) is 23.4. The van der Waals surface area contributed by atoms with Crippen molar-refractivity contribution >= 4 is 40.5 Å². The molecule has 0 atom stereocenters. The van der Waals surface area contributed by atoms with Crippen molar-refractivity contribution in [3.05, 3.63) is 129 Å². The Morgan fingerprint density at radius 1 is 1.00 bits per heavy atom. The first-order chi connectivity index (χ1) is 21.2. The van der Waals surface area contributed by atoms with Gasteiger partial charge in [0.15, 0.2) is 11.6 Å². The van der Waals surface area contributed by atoms with E-state index in [9.17, 15) is 28.3 Å². The van der Waals surface area contributed by atoms with Crippen LogP contribution < -0.4 is 16.2 Å². The Bertz CT molecular complexity index is 1980. The molecule has 222 valence electrons. The number of carbonyl (C=O) groups is 2. The van der Waals surface area contributed by atoms with E-state index in [-0.39, 0.29) is 24.2 Å². The summed E-state index contributed by atoms with van der Waals surface area (Å²) in [5, 5.41) is 15.9. The van der Waals surface area contributed by atoms with Gasteiger partial charge < -0.3 is 15.7 Å². The number of nitrogens with one attached hydrogen (secondary N) is 2. The summed E-state index contributed by atoms with van der Waals surface area (Å²) in [6, 6.07) is 13.9. The number of aromatic carboxylic acids is 1. The lowest BCUT2D eigenvalue weighted by Crippen LogP contribution is -2.33. The summed E-state index contributed by atoms with van der Waals surface area (Å²) in [5.41, 5.74) is 2.73. The maximum atomic E-state index is 13.5. The third kappa shape index (κ3) is 6.81. The fraction of sp³-hybridized carbons (Fsp3) is 0.125. The first kappa shape index (κ1) is 29.7. The lowest BCUT2D eigenvalue weighted by Gasteiger charge is -2.09. The number of carboxylic acid groups (broad SMARTS) is 1. The van der Waals surface area contributed by atoms with Crippen LogP contribution in [0.5, 0.6) is 0 Å². The molecule has 1 amide bonds. The highest BCUT2D eigenvalue weighted by molar-refractivity contribution is 5.93. The number of carbonyl (C=O) groups excluding carboxylic acids is 1. The van der Waals surface area contributed by atoms with E-state index in [4.69, 9.17) is 0 Å². The molecule has 5 rings (SSSR count). The highest BCUT2D eigenvalue weighted by Crippen LogP contribution is 2.21. The fourth-order valence-corrected chi connectivity index (χ4v) is 4.51. The van der Waals surface area contributed by atoms with Crippen LogP contribution >= 0.6 is 0 Å². The van der Waals surface area contributed by atoms with Crippen LogP contribution in [0.25, 0.3) is 17.0 Å². The van der Waals surface area contributed by atoms with Crippen molar-refractivity contribution in [2.75, 3.05) is 11.9 Å². The largest absolute Gasteiger partial charge is 0.478 e. The van der Waals surface area contributed by atoms with Gasteiger partial charge in [-0.3, -0.25) is 14.2 Å². The van der Waals surface area contributed by atoms with E-state index in [1.54, 1.807) is 36.5 Å². The Labute approximate surface area is 249 Å². The minimum absolute atomic E-state index is 0.0764. The zero-order valence-electron chi connectivity index (χ0n) is 23.4. The van der Waals surface area contributed by atoms with Crippen molar-refractivity contribution in [1.29, 1.82) is 0 Å². The molecule has 44 heavy (non-hydrogen) atoms. The molecule has 12 heteroatoms. The Morgan fingerprint density at radius 2 is 1.84 bits per heavy atom. The first-order valence-electron chi connectivity index (χ1n) is 13.5. The van der Waals surface area contributed by atoms with Gasteiger partial charge in [-0.25, -0.2) is 28.5 Å². The van der Waals surface area contributed by atoms with Gasteiger partial charge >= 0.3 is 5.97 Å². The zero-order chi connectivity index (χ0) is 31.2. The van der Waals surface area contributed by atoms with E-state index in [1.165, 1.54) is 12.4 Å². The predicted molar refractivity (Wildman–Crippen MR) is 161 cm³/mol. The van der Waals surface area contributed by atoms with Gasteiger partial charge in [0.25, 0.3) is 11.5 Å². The lowest BCUT2D eigenvalue weighted by molar-refractivity contribution is 0.0695. The highest BCUT2D eigenvalue weighted by Gasteiger charge is 2.13. The Balaban J connectivity index is 1.20. The summed E-state index contributed by atoms with van der Waals surface area (Å²) in [4.78, 5) is 49.6. The first-order valence-corrected chi connectivity index (χ1v) is 13.5.